The van der Waals surface area contributed by atoms with Crippen molar-refractivity contribution in [2.45, 2.75) is 0 Å². The van der Waals surface area contributed by atoms with Crippen LogP contribution in [-0.4, -0.2) is 6.16 Å². The molecule has 0 amide bonds. The first kappa shape index (κ1) is 17.7. The predicted octanol–water partition coefficient (Wildman–Crippen LogP) is -2.50. The van der Waals surface area contributed by atoms with Gasteiger partial charge in [0.2, 0.25) is 0 Å². The molecular formula is C13H12Na2O3. The van der Waals surface area contributed by atoms with Crippen LogP contribution in [0.25, 0.3) is 0 Å². The van der Waals surface area contributed by atoms with E-state index in [-0.39, 0.29) is 62.0 Å². The zero-order valence-corrected chi connectivity index (χ0v) is 14.5. The van der Waals surface area contributed by atoms with Crippen LogP contribution in [0, 0.1) is 0 Å². The van der Waals surface area contributed by atoms with Crippen molar-refractivity contribution in [2.24, 2.45) is 0 Å². The molecule has 0 atom stereocenters. The molecule has 84 valence electrons. The molecule has 2 aromatic carbocycles. The molecule has 0 saturated heterocycles. The summed E-state index contributed by atoms with van der Waals surface area (Å²) in [6.07, 6.45) is -0.739. The van der Waals surface area contributed by atoms with Crippen molar-refractivity contribution in [1.29, 1.82) is 0 Å². The third-order valence-electron chi connectivity index (χ3n) is 1.89. The first-order chi connectivity index (χ1) is 7.84. The van der Waals surface area contributed by atoms with Gasteiger partial charge < -0.3 is 12.3 Å². The van der Waals surface area contributed by atoms with Gasteiger partial charge >= 0.3 is 65.3 Å². The first-order valence-corrected chi connectivity index (χ1v) is 4.84. The number of ether oxygens (including phenoxy) is 2. The van der Waals surface area contributed by atoms with Gasteiger partial charge in [-0.15, -0.1) is 0 Å². The second-order valence-corrected chi connectivity index (χ2v) is 3.08. The Morgan fingerprint density at radius 3 is 1.39 bits per heavy atom. The summed E-state index contributed by atoms with van der Waals surface area (Å²) in [5.74, 6) is 0.923. The van der Waals surface area contributed by atoms with Crippen LogP contribution in [0.4, 0.5) is 4.79 Å². The van der Waals surface area contributed by atoms with Crippen LogP contribution in [0.1, 0.15) is 2.85 Å². The molecule has 0 radical (unpaired) electrons. The molecule has 3 nitrogen and oxygen atoms in total. The number of hydrogen-bond donors (Lipinski definition) is 0. The standard InChI is InChI=1S/C13H10O3.2Na.2H/c14-13(15-11-7-3-1-4-8-11)16-12-9-5-2-6-10-12;;;;/h1-10H;;;;/q;2*+1;2*-1. The van der Waals surface area contributed by atoms with Gasteiger partial charge in [0.15, 0.2) is 0 Å². The van der Waals surface area contributed by atoms with Gasteiger partial charge in [-0.2, -0.15) is 0 Å². The van der Waals surface area contributed by atoms with E-state index in [1.54, 1.807) is 48.5 Å². The zero-order chi connectivity index (χ0) is 11.2. The number of para-hydroxylation sites is 2. The summed E-state index contributed by atoms with van der Waals surface area (Å²) < 4.78 is 9.91. The van der Waals surface area contributed by atoms with Gasteiger partial charge in [-0.05, 0) is 24.3 Å². The molecule has 18 heavy (non-hydrogen) atoms. The van der Waals surface area contributed by atoms with Crippen LogP contribution in [0.3, 0.4) is 0 Å². The monoisotopic (exact) mass is 262 g/mol. The van der Waals surface area contributed by atoms with Crippen LogP contribution in [-0.2, 0) is 0 Å². The minimum atomic E-state index is -0.739. The summed E-state index contributed by atoms with van der Waals surface area (Å²) in [7, 11) is 0. The number of rotatable bonds is 2. The fraction of sp³-hybridized carbons (Fsp3) is 0. The van der Waals surface area contributed by atoms with Crippen LogP contribution in [0.2, 0.25) is 0 Å². The van der Waals surface area contributed by atoms with Gasteiger partial charge in [-0.25, -0.2) is 4.79 Å². The summed E-state index contributed by atoms with van der Waals surface area (Å²) in [5.41, 5.74) is 0. The van der Waals surface area contributed by atoms with E-state index in [1.807, 2.05) is 12.1 Å². The van der Waals surface area contributed by atoms with E-state index >= 15 is 0 Å². The Balaban J connectivity index is -0.000000722. The Kier molecular flexibility index (Phi) is 9.46. The Morgan fingerprint density at radius 1 is 0.722 bits per heavy atom. The van der Waals surface area contributed by atoms with Crippen molar-refractivity contribution in [3.8, 4) is 11.5 Å². The molecule has 0 N–H and O–H groups in total. The Bertz CT molecular complexity index is 426. The average Bonchev–Trinajstić information content (AvgIpc) is 2.31. The van der Waals surface area contributed by atoms with E-state index in [0.717, 1.165) is 0 Å². The summed E-state index contributed by atoms with van der Waals surface area (Å²) in [4.78, 5) is 11.3. The van der Waals surface area contributed by atoms with Crippen LogP contribution >= 0.6 is 0 Å². The maximum absolute atomic E-state index is 11.3. The minimum absolute atomic E-state index is 0. The predicted molar refractivity (Wildman–Crippen MR) is 61.8 cm³/mol. The molecule has 0 aliphatic carbocycles. The maximum Gasteiger partial charge on any atom is 1.00 e. The maximum atomic E-state index is 11.3. The van der Waals surface area contributed by atoms with E-state index < -0.39 is 6.16 Å². The van der Waals surface area contributed by atoms with Gasteiger partial charge in [0, 0.05) is 0 Å². The average molecular weight is 262 g/mol. The van der Waals surface area contributed by atoms with Gasteiger partial charge in [0.1, 0.15) is 11.5 Å². The summed E-state index contributed by atoms with van der Waals surface area (Å²) in [6.45, 7) is 0. The van der Waals surface area contributed by atoms with Crippen molar-refractivity contribution < 1.29 is 76.2 Å². The van der Waals surface area contributed by atoms with E-state index in [0.29, 0.717) is 11.5 Å². The number of carbonyl (C=O) groups excluding carboxylic acids is 1. The molecule has 0 bridgehead atoms. The van der Waals surface area contributed by atoms with Gasteiger partial charge in [0.25, 0.3) is 0 Å². The largest absolute Gasteiger partial charge is 1.00 e. The third kappa shape index (κ3) is 6.05. The minimum Gasteiger partial charge on any atom is -1.00 e. The SMILES string of the molecule is O=C(Oc1ccccc1)Oc1ccccc1.[H-].[H-].[Na+].[Na+]. The Hall–Kier alpha value is -0.290. The Labute approximate surface area is 153 Å². The Morgan fingerprint density at radius 2 is 1.06 bits per heavy atom. The summed E-state index contributed by atoms with van der Waals surface area (Å²) in [5, 5.41) is 0. The van der Waals surface area contributed by atoms with Crippen LogP contribution in [0.15, 0.2) is 60.7 Å². The van der Waals surface area contributed by atoms with Gasteiger partial charge in [-0.1, -0.05) is 36.4 Å². The van der Waals surface area contributed by atoms with Crippen molar-refractivity contribution in [2.75, 3.05) is 0 Å². The van der Waals surface area contributed by atoms with E-state index in [4.69, 9.17) is 9.47 Å². The van der Waals surface area contributed by atoms with Gasteiger partial charge in [-0.3, -0.25) is 0 Å². The molecule has 0 aromatic heterocycles. The van der Waals surface area contributed by atoms with Crippen molar-refractivity contribution in [3.63, 3.8) is 0 Å². The summed E-state index contributed by atoms with van der Waals surface area (Å²) in [6, 6.07) is 17.6. The molecular weight excluding hydrogens is 250 g/mol. The third-order valence-corrected chi connectivity index (χ3v) is 1.89. The fourth-order valence-corrected chi connectivity index (χ4v) is 1.19. The molecule has 0 aliphatic heterocycles. The first-order valence-electron chi connectivity index (χ1n) is 4.84. The molecule has 2 aromatic rings. The number of benzene rings is 2. The molecule has 0 aliphatic rings. The fourth-order valence-electron chi connectivity index (χ4n) is 1.19. The second kappa shape index (κ2) is 9.62. The number of carbonyl (C=O) groups is 1. The molecule has 0 saturated carbocycles. The zero-order valence-electron chi connectivity index (χ0n) is 12.5. The van der Waals surface area contributed by atoms with Crippen LogP contribution in [0.5, 0.6) is 11.5 Å². The molecule has 5 heteroatoms. The molecule has 0 heterocycles. The van der Waals surface area contributed by atoms with E-state index in [2.05, 4.69) is 0 Å². The van der Waals surface area contributed by atoms with E-state index in [9.17, 15) is 4.79 Å². The molecule has 0 spiro atoms. The molecule has 0 fully saturated rings. The number of hydrogen-bond acceptors (Lipinski definition) is 3. The second-order valence-electron chi connectivity index (χ2n) is 3.08. The van der Waals surface area contributed by atoms with E-state index in [1.165, 1.54) is 0 Å². The topological polar surface area (TPSA) is 35.5 Å². The van der Waals surface area contributed by atoms with Crippen molar-refractivity contribution >= 4 is 6.16 Å². The quantitative estimate of drug-likeness (QED) is 0.341. The smallest absolute Gasteiger partial charge is 1.00 e. The van der Waals surface area contributed by atoms with Crippen molar-refractivity contribution in [1.82, 2.24) is 0 Å². The van der Waals surface area contributed by atoms with Crippen LogP contribution < -0.4 is 68.6 Å². The van der Waals surface area contributed by atoms with Gasteiger partial charge in [0.05, 0.1) is 0 Å². The molecule has 0 unspecified atom stereocenters. The van der Waals surface area contributed by atoms with Crippen molar-refractivity contribution in [3.05, 3.63) is 60.7 Å². The molecule has 2 rings (SSSR count). The normalized spacial score (nSPS) is 8.44. The summed E-state index contributed by atoms with van der Waals surface area (Å²) >= 11 is 0.